The highest BCUT2D eigenvalue weighted by Crippen LogP contribution is 2.66. The van der Waals surface area contributed by atoms with Gasteiger partial charge in [0.15, 0.2) is 12.2 Å². The van der Waals surface area contributed by atoms with Gasteiger partial charge < -0.3 is 35.2 Å². The van der Waals surface area contributed by atoms with E-state index in [1.165, 1.54) is 0 Å². The maximum Gasteiger partial charge on any atom is 0.490 e. The van der Waals surface area contributed by atoms with Gasteiger partial charge in [-0.15, -0.1) is 6.42 Å². The zero-order valence-corrected chi connectivity index (χ0v) is 17.8. The van der Waals surface area contributed by atoms with Crippen molar-refractivity contribution in [3.63, 3.8) is 0 Å². The van der Waals surface area contributed by atoms with Gasteiger partial charge in [-0.05, 0) is 6.07 Å². The van der Waals surface area contributed by atoms with Crippen LogP contribution in [0.15, 0.2) is 17.1 Å². The lowest BCUT2D eigenvalue weighted by Crippen LogP contribution is -2.43. The van der Waals surface area contributed by atoms with Crippen LogP contribution in [0.1, 0.15) is 6.23 Å². The molecule has 32 heavy (non-hydrogen) atoms. The lowest BCUT2D eigenvalue weighted by Gasteiger charge is -2.24. The zero-order chi connectivity index (χ0) is 24.7. The van der Waals surface area contributed by atoms with Crippen molar-refractivity contribution >= 4 is 29.3 Å². The van der Waals surface area contributed by atoms with Crippen LogP contribution in [-0.2, 0) is 31.6 Å². The first kappa shape index (κ1) is 26.7. The van der Waals surface area contributed by atoms with Crippen LogP contribution in [0.5, 0.6) is 0 Å². The second-order valence-electron chi connectivity index (χ2n) is 5.90. The number of hydrogen-bond acceptors (Lipinski definition) is 11. The van der Waals surface area contributed by atoms with Crippen LogP contribution >= 0.6 is 23.5 Å². The number of ether oxygens (including phenoxy) is 1. The van der Waals surface area contributed by atoms with Gasteiger partial charge in [0.2, 0.25) is 6.23 Å². The van der Waals surface area contributed by atoms with E-state index in [0.717, 1.165) is 12.3 Å². The standard InChI is InChI=1S/C11H14F2N3O13P3/c1-2-5(27-31(22,23)29-32(24,25)28-30(19,20)21)7-8(17)11(12,13)9(26-7)16-4-3-6(14)15-10(16)18/h1,3-5,7-9,17H,(H,22,23)(H,24,25)(H2,14,15,18)(H2,19,20,21)/t5-,7-,8-,9-/m1/s1. The summed E-state index contributed by atoms with van der Waals surface area (Å²) in [5.41, 5.74) is 3.94. The minimum absolute atomic E-state index is 0.234. The van der Waals surface area contributed by atoms with E-state index >= 15 is 0 Å². The molecule has 2 unspecified atom stereocenters. The Morgan fingerprint density at radius 3 is 2.34 bits per heavy atom. The molecule has 16 nitrogen and oxygen atoms in total. The number of alkyl halides is 2. The molecule has 1 aromatic heterocycles. The van der Waals surface area contributed by atoms with Crippen molar-refractivity contribution in [1.82, 2.24) is 9.55 Å². The van der Waals surface area contributed by atoms with E-state index < -0.39 is 59.6 Å². The Labute approximate surface area is 176 Å². The van der Waals surface area contributed by atoms with Gasteiger partial charge in [-0.3, -0.25) is 9.09 Å². The number of rotatable bonds is 8. The molecular weight excluding hydrogens is 513 g/mol. The summed E-state index contributed by atoms with van der Waals surface area (Å²) in [6.45, 7) is 0. The summed E-state index contributed by atoms with van der Waals surface area (Å²) < 4.78 is 79.2. The summed E-state index contributed by atoms with van der Waals surface area (Å²) in [4.78, 5) is 50.6. The van der Waals surface area contributed by atoms with Crippen molar-refractivity contribution in [2.75, 3.05) is 5.73 Å². The Hall–Kier alpha value is -1.57. The van der Waals surface area contributed by atoms with Crippen LogP contribution in [0.4, 0.5) is 14.6 Å². The number of anilines is 1. The number of nitrogens with zero attached hydrogens (tertiary/aromatic N) is 2. The van der Waals surface area contributed by atoms with Crippen LogP contribution in [0.3, 0.4) is 0 Å². The first-order chi connectivity index (χ1) is 14.4. The van der Waals surface area contributed by atoms with Crippen molar-refractivity contribution in [2.45, 2.75) is 30.5 Å². The van der Waals surface area contributed by atoms with E-state index in [9.17, 15) is 37.3 Å². The Balaban J connectivity index is 2.28. The first-order valence-electron chi connectivity index (χ1n) is 7.73. The second kappa shape index (κ2) is 8.99. The van der Waals surface area contributed by atoms with Crippen LogP contribution in [-0.4, -0.2) is 58.5 Å². The summed E-state index contributed by atoms with van der Waals surface area (Å²) in [5.74, 6) is -3.01. The minimum atomic E-state index is -5.93. The van der Waals surface area contributed by atoms with Crippen molar-refractivity contribution in [1.29, 1.82) is 0 Å². The summed E-state index contributed by atoms with van der Waals surface area (Å²) in [6.07, 6.45) is -4.32. The lowest BCUT2D eigenvalue weighted by molar-refractivity contribution is -0.141. The number of phosphoric ester groups is 1. The van der Waals surface area contributed by atoms with Crippen LogP contribution in [0, 0.1) is 12.3 Å². The summed E-state index contributed by atoms with van der Waals surface area (Å²) in [5, 5.41) is 9.92. The molecule has 1 aliphatic heterocycles. The third-order valence-corrected chi connectivity index (χ3v) is 7.37. The number of terminal acetylenes is 1. The van der Waals surface area contributed by atoms with Crippen molar-refractivity contribution in [3.8, 4) is 12.3 Å². The quantitative estimate of drug-likeness (QED) is 0.176. The fourth-order valence-corrected chi connectivity index (χ4v) is 5.53. The Morgan fingerprint density at radius 2 is 1.84 bits per heavy atom. The fourth-order valence-electron chi connectivity index (χ4n) is 2.40. The van der Waals surface area contributed by atoms with Gasteiger partial charge in [0.05, 0.1) is 0 Å². The minimum Gasteiger partial charge on any atom is -0.384 e. The fraction of sp³-hybridized carbons (Fsp3) is 0.455. The summed E-state index contributed by atoms with van der Waals surface area (Å²) >= 11 is 0. The molecule has 6 atom stereocenters. The maximum atomic E-state index is 14.5. The lowest BCUT2D eigenvalue weighted by atomic mass is 10.1. The van der Waals surface area contributed by atoms with Gasteiger partial charge in [0, 0.05) is 6.20 Å². The van der Waals surface area contributed by atoms with Gasteiger partial charge in [0.1, 0.15) is 11.9 Å². The number of nitrogen functional groups attached to an aromatic ring is 1. The Kier molecular flexibility index (Phi) is 7.50. The average molecular weight is 527 g/mol. The van der Waals surface area contributed by atoms with Gasteiger partial charge in [-0.25, -0.2) is 18.5 Å². The molecule has 0 saturated carbocycles. The van der Waals surface area contributed by atoms with E-state index in [2.05, 4.69) is 18.1 Å². The topological polar surface area (TPSA) is 250 Å². The van der Waals surface area contributed by atoms with E-state index in [4.69, 9.17) is 31.6 Å². The molecule has 0 spiro atoms. The third-order valence-electron chi connectivity index (χ3n) is 3.55. The van der Waals surface area contributed by atoms with Crippen molar-refractivity contribution < 1.29 is 65.0 Å². The number of halogens is 2. The molecule has 0 aromatic carbocycles. The average Bonchev–Trinajstić information content (AvgIpc) is 2.80. The molecule has 1 fully saturated rings. The molecule has 2 heterocycles. The normalized spacial score (nSPS) is 27.8. The number of aliphatic hydroxyl groups is 1. The van der Waals surface area contributed by atoms with Crippen molar-refractivity contribution in [3.05, 3.63) is 22.7 Å². The SMILES string of the molecule is C#C[C@@H](OP(=O)(O)OP(=O)(O)OP(=O)(O)O)[C@H]1O[C@@H](n2ccc(N)nc2=O)C(F)(F)[C@@H]1O. The number of phosphoric acid groups is 3. The smallest absolute Gasteiger partial charge is 0.384 e. The molecule has 7 N–H and O–H groups in total. The molecule has 180 valence electrons. The second-order valence-corrected chi connectivity index (χ2v) is 10.3. The molecule has 0 aliphatic carbocycles. The number of hydrogen-bond donors (Lipinski definition) is 6. The van der Waals surface area contributed by atoms with E-state index in [0.29, 0.717) is 0 Å². The summed E-state index contributed by atoms with van der Waals surface area (Å²) in [6, 6.07) is 0.950. The molecule has 1 saturated heterocycles. The molecule has 2 rings (SSSR count). The van der Waals surface area contributed by atoms with Crippen LogP contribution in [0.2, 0.25) is 0 Å². The monoisotopic (exact) mass is 527 g/mol. The van der Waals surface area contributed by atoms with E-state index in [-0.39, 0.29) is 10.4 Å². The number of aromatic nitrogens is 2. The van der Waals surface area contributed by atoms with Gasteiger partial charge in [0.25, 0.3) is 0 Å². The van der Waals surface area contributed by atoms with Crippen LogP contribution < -0.4 is 11.4 Å². The molecule has 0 bridgehead atoms. The van der Waals surface area contributed by atoms with Crippen LogP contribution in [0.25, 0.3) is 0 Å². The molecule has 1 aromatic rings. The van der Waals surface area contributed by atoms with Crippen molar-refractivity contribution in [2.24, 2.45) is 0 Å². The van der Waals surface area contributed by atoms with Gasteiger partial charge in [-0.2, -0.15) is 22.4 Å². The van der Waals surface area contributed by atoms with Gasteiger partial charge >= 0.3 is 35.1 Å². The predicted octanol–water partition coefficient (Wildman–Crippen LogP) is -0.936. The highest BCUT2D eigenvalue weighted by molar-refractivity contribution is 7.66. The highest BCUT2D eigenvalue weighted by atomic mass is 31.3. The molecular formula is C11H14F2N3O13P3. The molecule has 21 heteroatoms. The van der Waals surface area contributed by atoms with Gasteiger partial charge in [-0.1, -0.05) is 5.92 Å². The Bertz CT molecular complexity index is 1120. The van der Waals surface area contributed by atoms with E-state index in [1.54, 1.807) is 5.92 Å². The maximum absolute atomic E-state index is 14.5. The molecule has 0 radical (unpaired) electrons. The largest absolute Gasteiger partial charge is 0.490 e. The molecule has 1 aliphatic rings. The third kappa shape index (κ3) is 6.27. The summed E-state index contributed by atoms with van der Waals surface area (Å²) in [7, 11) is -17.5. The first-order valence-corrected chi connectivity index (χ1v) is 12.2. The number of nitrogens with two attached hydrogens (primary N) is 1. The number of aliphatic hydroxyl groups excluding tert-OH is 1. The molecule has 0 amide bonds. The zero-order valence-electron chi connectivity index (χ0n) is 15.1. The highest BCUT2D eigenvalue weighted by Gasteiger charge is 2.62. The predicted molar refractivity (Wildman–Crippen MR) is 95.3 cm³/mol. The van der Waals surface area contributed by atoms with E-state index in [1.807, 2.05) is 0 Å². The Morgan fingerprint density at radius 1 is 1.25 bits per heavy atom.